The van der Waals surface area contributed by atoms with E-state index in [-0.39, 0.29) is 11.7 Å². The number of benzene rings is 2. The smallest absolute Gasteiger partial charge is 0.255 e. The minimum atomic E-state index is -0.168. The Balaban J connectivity index is 1.65. The molecule has 29 heavy (non-hydrogen) atoms. The molecule has 0 radical (unpaired) electrons. The van der Waals surface area contributed by atoms with Crippen molar-refractivity contribution in [3.8, 4) is 5.75 Å². The molecule has 2 heterocycles. The zero-order chi connectivity index (χ0) is 20.4. The van der Waals surface area contributed by atoms with Gasteiger partial charge in [0.25, 0.3) is 5.91 Å². The van der Waals surface area contributed by atoms with Gasteiger partial charge < -0.3 is 19.7 Å². The predicted octanol–water partition coefficient (Wildman–Crippen LogP) is 3.19. The number of quaternary nitrogens is 1. The van der Waals surface area contributed by atoms with Gasteiger partial charge in [-0.25, -0.2) is 0 Å². The van der Waals surface area contributed by atoms with Crippen LogP contribution >= 0.6 is 0 Å². The molecule has 1 saturated heterocycles. The number of amides is 1. The van der Waals surface area contributed by atoms with Gasteiger partial charge in [-0.1, -0.05) is 37.3 Å². The van der Waals surface area contributed by atoms with Gasteiger partial charge in [-0.3, -0.25) is 4.79 Å². The highest BCUT2D eigenvalue weighted by Crippen LogP contribution is 2.33. The zero-order valence-corrected chi connectivity index (χ0v) is 17.1. The van der Waals surface area contributed by atoms with Gasteiger partial charge in [0.05, 0.1) is 24.2 Å². The second kappa shape index (κ2) is 8.29. The van der Waals surface area contributed by atoms with Crippen LogP contribution in [0.1, 0.15) is 47.0 Å². The molecule has 5 nitrogen and oxygen atoms in total. The molecule has 0 aliphatic carbocycles. The van der Waals surface area contributed by atoms with E-state index in [9.17, 15) is 9.90 Å². The minimum Gasteiger partial charge on any atom is -0.507 e. The molecule has 1 aromatic heterocycles. The summed E-state index contributed by atoms with van der Waals surface area (Å²) in [5.41, 5.74) is 3.05. The van der Waals surface area contributed by atoms with Gasteiger partial charge in [0.1, 0.15) is 23.6 Å². The molecule has 0 spiro atoms. The molecule has 1 unspecified atom stereocenters. The first-order valence-electron chi connectivity index (χ1n) is 10.4. The molecule has 152 valence electrons. The average Bonchev–Trinajstić information content (AvgIpc) is 3.05. The number of rotatable bonds is 5. The van der Waals surface area contributed by atoms with Crippen LogP contribution in [-0.4, -0.2) is 24.1 Å². The van der Waals surface area contributed by atoms with Crippen LogP contribution < -0.4 is 10.2 Å². The maximum Gasteiger partial charge on any atom is 0.255 e. The third-order valence-electron chi connectivity index (χ3n) is 5.93. The van der Waals surface area contributed by atoms with Crippen molar-refractivity contribution in [3.63, 3.8) is 0 Å². The van der Waals surface area contributed by atoms with E-state index < -0.39 is 0 Å². The van der Waals surface area contributed by atoms with Crippen LogP contribution in [0.2, 0.25) is 0 Å². The number of piperidine rings is 1. The van der Waals surface area contributed by atoms with Crippen LogP contribution in [0.25, 0.3) is 11.0 Å². The molecule has 4 rings (SSSR count). The van der Waals surface area contributed by atoms with E-state index in [1.54, 1.807) is 12.1 Å². The topological polar surface area (TPSA) is 66.9 Å². The molecule has 1 fully saturated rings. The molecule has 0 bridgehead atoms. The van der Waals surface area contributed by atoms with E-state index in [0.29, 0.717) is 35.9 Å². The summed E-state index contributed by atoms with van der Waals surface area (Å²) in [6.45, 7) is 7.42. The number of phenols is 1. The van der Waals surface area contributed by atoms with Gasteiger partial charge in [0, 0.05) is 17.8 Å². The average molecular weight is 394 g/mol. The lowest BCUT2D eigenvalue weighted by Gasteiger charge is -2.28. The number of carbonyl (C=O) groups excluding carboxylic acids is 1. The molecule has 2 atom stereocenters. The van der Waals surface area contributed by atoms with Crippen molar-refractivity contribution in [2.75, 3.05) is 13.1 Å². The van der Waals surface area contributed by atoms with Crippen molar-refractivity contribution in [1.29, 1.82) is 0 Å². The molecule has 3 aromatic rings. The standard InChI is InChI=1S/C24H28N2O3/c1-16-7-6-12-26(14-16)15-19-20(27)10-11-21-23(19)22(17(2)29-21)24(28)25-13-18-8-4-3-5-9-18/h3-5,8-11,16,27H,6-7,12-15H2,1-2H3,(H,25,28)/p+1/t16-/m0/s1. The number of likely N-dealkylation sites (tertiary alicyclic amines) is 1. The first-order chi connectivity index (χ1) is 14.0. The van der Waals surface area contributed by atoms with Crippen LogP contribution in [0.15, 0.2) is 46.9 Å². The fourth-order valence-electron chi connectivity index (χ4n) is 4.49. The lowest BCUT2D eigenvalue weighted by molar-refractivity contribution is -0.922. The summed E-state index contributed by atoms with van der Waals surface area (Å²) in [6.07, 6.45) is 2.46. The Kier molecular flexibility index (Phi) is 5.58. The quantitative estimate of drug-likeness (QED) is 0.624. The Morgan fingerprint density at radius 3 is 2.79 bits per heavy atom. The number of nitrogens with one attached hydrogen (secondary N) is 2. The van der Waals surface area contributed by atoms with Gasteiger partial charge in [0.15, 0.2) is 0 Å². The van der Waals surface area contributed by atoms with Gasteiger partial charge in [-0.2, -0.15) is 0 Å². The van der Waals surface area contributed by atoms with E-state index in [2.05, 4.69) is 12.2 Å². The highest BCUT2D eigenvalue weighted by Gasteiger charge is 2.27. The van der Waals surface area contributed by atoms with Gasteiger partial charge in [-0.15, -0.1) is 0 Å². The van der Waals surface area contributed by atoms with E-state index in [4.69, 9.17) is 4.42 Å². The van der Waals surface area contributed by atoms with Crippen molar-refractivity contribution in [2.45, 2.75) is 39.8 Å². The molecule has 1 aliphatic rings. The lowest BCUT2D eigenvalue weighted by Crippen LogP contribution is -3.12. The van der Waals surface area contributed by atoms with Crippen molar-refractivity contribution in [2.24, 2.45) is 5.92 Å². The Morgan fingerprint density at radius 1 is 1.24 bits per heavy atom. The van der Waals surface area contributed by atoms with E-state index >= 15 is 0 Å². The van der Waals surface area contributed by atoms with Gasteiger partial charge in [0.2, 0.25) is 0 Å². The third kappa shape index (κ3) is 4.15. The van der Waals surface area contributed by atoms with Crippen molar-refractivity contribution in [3.05, 3.63) is 64.9 Å². The fourth-order valence-corrected chi connectivity index (χ4v) is 4.49. The normalized spacial score (nSPS) is 19.4. The van der Waals surface area contributed by atoms with Crippen LogP contribution in [0, 0.1) is 12.8 Å². The maximum atomic E-state index is 13.1. The second-order valence-electron chi connectivity index (χ2n) is 8.27. The minimum absolute atomic E-state index is 0.168. The number of aromatic hydroxyl groups is 1. The molecule has 2 aromatic carbocycles. The van der Waals surface area contributed by atoms with Gasteiger partial charge >= 0.3 is 0 Å². The second-order valence-corrected chi connectivity index (χ2v) is 8.27. The third-order valence-corrected chi connectivity index (χ3v) is 5.93. The Morgan fingerprint density at radius 2 is 2.03 bits per heavy atom. The van der Waals surface area contributed by atoms with E-state index in [0.717, 1.165) is 29.6 Å². The summed E-state index contributed by atoms with van der Waals surface area (Å²) >= 11 is 0. The predicted molar refractivity (Wildman–Crippen MR) is 113 cm³/mol. The monoisotopic (exact) mass is 393 g/mol. The van der Waals surface area contributed by atoms with Crippen LogP contribution in [0.5, 0.6) is 5.75 Å². The first kappa shape index (κ1) is 19.5. The Labute approximate surface area is 171 Å². The number of phenolic OH excluding ortho intramolecular Hbond substituents is 1. The van der Waals surface area contributed by atoms with Crippen molar-refractivity contribution < 1.29 is 19.2 Å². The number of hydrogen-bond donors (Lipinski definition) is 3. The van der Waals surface area contributed by atoms with Crippen molar-refractivity contribution >= 4 is 16.9 Å². The summed E-state index contributed by atoms with van der Waals surface area (Å²) in [7, 11) is 0. The number of carbonyl (C=O) groups is 1. The molecule has 1 aliphatic heterocycles. The van der Waals surface area contributed by atoms with E-state index in [1.807, 2.05) is 37.3 Å². The number of aryl methyl sites for hydroxylation is 1. The highest BCUT2D eigenvalue weighted by atomic mass is 16.3. The molecular weight excluding hydrogens is 364 g/mol. The molecule has 3 N–H and O–H groups in total. The molecule has 5 heteroatoms. The SMILES string of the molecule is Cc1oc2ccc(O)c(C[NH+]3CCC[C@H](C)C3)c2c1C(=O)NCc1ccccc1. The highest BCUT2D eigenvalue weighted by molar-refractivity contribution is 6.08. The summed E-state index contributed by atoms with van der Waals surface area (Å²) in [6, 6.07) is 13.3. The number of furan rings is 1. The van der Waals surface area contributed by atoms with Crippen molar-refractivity contribution in [1.82, 2.24) is 5.32 Å². The summed E-state index contributed by atoms with van der Waals surface area (Å²) in [4.78, 5) is 14.5. The molecular formula is C24H29N2O3+. The Bertz CT molecular complexity index is 1010. The van der Waals surface area contributed by atoms with Crippen LogP contribution in [0.4, 0.5) is 0 Å². The summed E-state index contributed by atoms with van der Waals surface area (Å²) < 4.78 is 5.90. The fraction of sp³-hybridized carbons (Fsp3) is 0.375. The largest absolute Gasteiger partial charge is 0.507 e. The molecule has 0 saturated carbocycles. The van der Waals surface area contributed by atoms with Crippen LogP contribution in [-0.2, 0) is 13.1 Å². The zero-order valence-electron chi connectivity index (χ0n) is 17.1. The first-order valence-corrected chi connectivity index (χ1v) is 10.4. The number of hydrogen-bond acceptors (Lipinski definition) is 3. The lowest BCUT2D eigenvalue weighted by atomic mass is 9.98. The summed E-state index contributed by atoms with van der Waals surface area (Å²) in [5.74, 6) is 1.33. The molecule has 1 amide bonds. The maximum absolute atomic E-state index is 13.1. The number of fused-ring (bicyclic) bond motifs is 1. The van der Waals surface area contributed by atoms with Crippen LogP contribution in [0.3, 0.4) is 0 Å². The summed E-state index contributed by atoms with van der Waals surface area (Å²) in [5, 5.41) is 14.4. The Hall–Kier alpha value is -2.79. The van der Waals surface area contributed by atoms with E-state index in [1.165, 1.54) is 17.7 Å². The van der Waals surface area contributed by atoms with Gasteiger partial charge in [-0.05, 0) is 37.5 Å².